The topological polar surface area (TPSA) is 104 Å². The van der Waals surface area contributed by atoms with Gasteiger partial charge < -0.3 is 18.9 Å². The molecule has 0 N–H and O–H groups in total. The van der Waals surface area contributed by atoms with Gasteiger partial charge in [0.25, 0.3) is 5.91 Å². The first-order valence-corrected chi connectivity index (χ1v) is 11.7. The van der Waals surface area contributed by atoms with Gasteiger partial charge in [-0.15, -0.1) is 0 Å². The number of rotatable bonds is 9. The number of aliphatic imine (C=N–C) groups is 1. The van der Waals surface area contributed by atoms with Crippen LogP contribution in [0.4, 0.5) is 5.69 Å². The number of carbonyl (C=O) groups is 3. The largest absolute Gasteiger partial charge is 0.493 e. The van der Waals surface area contributed by atoms with E-state index in [1.54, 1.807) is 60.4 Å². The normalized spacial score (nSPS) is 15.4. The number of hydrogen-bond donors (Lipinski definition) is 0. The summed E-state index contributed by atoms with van der Waals surface area (Å²) in [5.41, 5.74) is 1.75. The smallest absolute Gasteiger partial charge is 0.344 e. The van der Waals surface area contributed by atoms with Crippen LogP contribution < -0.4 is 9.47 Å². The predicted octanol–water partition coefficient (Wildman–Crippen LogP) is 4.05. The molecule has 1 amide bonds. The number of amidine groups is 1. The van der Waals surface area contributed by atoms with E-state index >= 15 is 0 Å². The summed E-state index contributed by atoms with van der Waals surface area (Å²) in [5.74, 6) is -0.251. The SMILES string of the molecule is CCOC(=O)COc1ccc(/C=C2/SC(=Nc3ccc(C(=O)OC)cc3)N(CC)C2=O)cc1OC. The van der Waals surface area contributed by atoms with E-state index in [2.05, 4.69) is 4.99 Å². The van der Waals surface area contributed by atoms with E-state index < -0.39 is 11.9 Å². The van der Waals surface area contributed by atoms with E-state index in [4.69, 9.17) is 18.9 Å². The van der Waals surface area contributed by atoms with Crippen LogP contribution in [0.15, 0.2) is 52.4 Å². The second-order valence-electron chi connectivity index (χ2n) is 7.10. The lowest BCUT2D eigenvalue weighted by Gasteiger charge is -2.12. The van der Waals surface area contributed by atoms with Crippen molar-refractivity contribution in [3.63, 3.8) is 0 Å². The van der Waals surface area contributed by atoms with Crippen molar-refractivity contribution in [3.8, 4) is 11.5 Å². The van der Waals surface area contributed by atoms with Crippen LogP contribution in [0.1, 0.15) is 29.8 Å². The first-order valence-electron chi connectivity index (χ1n) is 10.8. The van der Waals surface area contributed by atoms with E-state index in [0.717, 1.165) is 5.56 Å². The number of esters is 2. The van der Waals surface area contributed by atoms with Gasteiger partial charge in [-0.05, 0) is 73.6 Å². The Morgan fingerprint density at radius 3 is 2.43 bits per heavy atom. The van der Waals surface area contributed by atoms with Crippen LogP contribution in [0.2, 0.25) is 0 Å². The number of hydrogen-bond acceptors (Lipinski definition) is 9. The van der Waals surface area contributed by atoms with Gasteiger partial charge in [-0.25, -0.2) is 14.6 Å². The highest BCUT2D eigenvalue weighted by Gasteiger charge is 2.32. The highest BCUT2D eigenvalue weighted by Crippen LogP contribution is 2.35. The summed E-state index contributed by atoms with van der Waals surface area (Å²) >= 11 is 1.26. The van der Waals surface area contributed by atoms with Crippen LogP contribution in [-0.2, 0) is 19.1 Å². The van der Waals surface area contributed by atoms with Crippen molar-refractivity contribution >= 4 is 46.5 Å². The molecule has 0 saturated carbocycles. The van der Waals surface area contributed by atoms with Gasteiger partial charge in [-0.1, -0.05) is 6.07 Å². The summed E-state index contributed by atoms with van der Waals surface area (Å²) in [6, 6.07) is 11.8. The standard InChI is InChI=1S/C25H26N2O7S/c1-5-27-23(29)21(35-25(27)26-18-10-8-17(9-11-18)24(30)32-4)14-16-7-12-19(20(13-16)31-3)34-15-22(28)33-6-2/h7-14H,5-6,15H2,1-4H3/b21-14+,26-25?. The Hall–Kier alpha value is -3.79. The van der Waals surface area contributed by atoms with Crippen LogP contribution >= 0.6 is 11.8 Å². The Morgan fingerprint density at radius 1 is 1.06 bits per heavy atom. The molecule has 10 heteroatoms. The maximum atomic E-state index is 13.0. The average Bonchev–Trinajstić information content (AvgIpc) is 3.16. The Bertz CT molecular complexity index is 1160. The molecule has 1 saturated heterocycles. The van der Waals surface area contributed by atoms with Crippen molar-refractivity contribution in [2.45, 2.75) is 13.8 Å². The van der Waals surface area contributed by atoms with E-state index in [0.29, 0.717) is 39.4 Å². The molecule has 35 heavy (non-hydrogen) atoms. The lowest BCUT2D eigenvalue weighted by molar-refractivity contribution is -0.145. The lowest BCUT2D eigenvalue weighted by atomic mass is 10.2. The van der Waals surface area contributed by atoms with E-state index in [1.165, 1.54) is 26.0 Å². The van der Waals surface area contributed by atoms with Crippen molar-refractivity contribution < 1.29 is 33.3 Å². The molecule has 0 bridgehead atoms. The third kappa shape index (κ3) is 6.42. The fourth-order valence-corrected chi connectivity index (χ4v) is 4.22. The monoisotopic (exact) mass is 498 g/mol. The zero-order valence-electron chi connectivity index (χ0n) is 19.9. The molecule has 0 aromatic heterocycles. The number of carbonyl (C=O) groups excluding carboxylic acids is 3. The molecule has 0 atom stereocenters. The summed E-state index contributed by atoms with van der Waals surface area (Å²) in [6.07, 6.45) is 1.75. The minimum Gasteiger partial charge on any atom is -0.493 e. The van der Waals surface area contributed by atoms with Crippen molar-refractivity contribution in [1.29, 1.82) is 0 Å². The summed E-state index contributed by atoms with van der Waals surface area (Å²) in [5, 5.41) is 0.538. The predicted molar refractivity (Wildman–Crippen MR) is 133 cm³/mol. The fourth-order valence-electron chi connectivity index (χ4n) is 3.15. The molecule has 2 aromatic carbocycles. The molecule has 0 spiro atoms. The summed E-state index contributed by atoms with van der Waals surface area (Å²) in [4.78, 5) is 42.8. The average molecular weight is 499 g/mol. The van der Waals surface area contributed by atoms with Crippen molar-refractivity contribution in [3.05, 3.63) is 58.5 Å². The number of thioether (sulfide) groups is 1. The second kappa shape index (κ2) is 12.1. The van der Waals surface area contributed by atoms with Gasteiger partial charge in [0.2, 0.25) is 0 Å². The van der Waals surface area contributed by atoms with Gasteiger partial charge >= 0.3 is 11.9 Å². The van der Waals surface area contributed by atoms with Gasteiger partial charge in [-0.3, -0.25) is 9.69 Å². The molecule has 1 heterocycles. The van der Waals surface area contributed by atoms with Crippen LogP contribution in [-0.4, -0.2) is 61.9 Å². The first-order chi connectivity index (χ1) is 16.9. The first kappa shape index (κ1) is 25.8. The molecule has 0 aliphatic carbocycles. The van der Waals surface area contributed by atoms with Gasteiger partial charge in [0.1, 0.15) is 0 Å². The lowest BCUT2D eigenvalue weighted by Crippen LogP contribution is -2.28. The van der Waals surface area contributed by atoms with Gasteiger partial charge in [0, 0.05) is 6.54 Å². The Labute approximate surface area is 207 Å². The highest BCUT2D eigenvalue weighted by molar-refractivity contribution is 8.18. The zero-order chi connectivity index (χ0) is 25.4. The van der Waals surface area contributed by atoms with Crippen molar-refractivity contribution in [2.75, 3.05) is 34.0 Å². The van der Waals surface area contributed by atoms with Crippen LogP contribution in [0.25, 0.3) is 6.08 Å². The zero-order valence-corrected chi connectivity index (χ0v) is 20.7. The molecule has 0 radical (unpaired) electrons. The molecule has 9 nitrogen and oxygen atoms in total. The molecule has 1 aliphatic heterocycles. The van der Waals surface area contributed by atoms with Gasteiger partial charge in [0.15, 0.2) is 23.3 Å². The summed E-state index contributed by atoms with van der Waals surface area (Å²) < 4.78 is 20.4. The van der Waals surface area contributed by atoms with E-state index in [1.807, 2.05) is 6.92 Å². The summed E-state index contributed by atoms with van der Waals surface area (Å²) in [6.45, 7) is 4.09. The van der Waals surface area contributed by atoms with Crippen molar-refractivity contribution in [1.82, 2.24) is 4.90 Å². The number of methoxy groups -OCH3 is 2. The molecule has 1 fully saturated rings. The number of likely N-dealkylation sites (N-methyl/N-ethyl adjacent to an activating group) is 1. The molecule has 3 rings (SSSR count). The van der Waals surface area contributed by atoms with E-state index in [9.17, 15) is 14.4 Å². The minimum atomic E-state index is -0.472. The molecular formula is C25H26N2O7S. The second-order valence-corrected chi connectivity index (χ2v) is 8.11. The number of amides is 1. The number of ether oxygens (including phenoxy) is 4. The van der Waals surface area contributed by atoms with Crippen LogP contribution in [0.3, 0.4) is 0 Å². The van der Waals surface area contributed by atoms with Crippen LogP contribution in [0.5, 0.6) is 11.5 Å². The quantitative estimate of drug-likeness (QED) is 0.377. The third-order valence-electron chi connectivity index (χ3n) is 4.85. The Kier molecular flexibility index (Phi) is 8.91. The number of benzene rings is 2. The van der Waals surface area contributed by atoms with E-state index in [-0.39, 0.29) is 19.1 Å². The van der Waals surface area contributed by atoms with Gasteiger partial charge in [-0.2, -0.15) is 0 Å². The fraction of sp³-hybridized carbons (Fsp3) is 0.280. The Morgan fingerprint density at radius 2 is 1.80 bits per heavy atom. The molecule has 1 aliphatic rings. The van der Waals surface area contributed by atoms with Gasteiger partial charge in [0.05, 0.1) is 37.0 Å². The number of nitrogens with zero attached hydrogens (tertiary/aromatic N) is 2. The summed E-state index contributed by atoms with van der Waals surface area (Å²) in [7, 11) is 2.82. The van der Waals surface area contributed by atoms with Crippen molar-refractivity contribution in [2.24, 2.45) is 4.99 Å². The maximum Gasteiger partial charge on any atom is 0.344 e. The third-order valence-corrected chi connectivity index (χ3v) is 5.86. The molecule has 184 valence electrons. The molecule has 2 aromatic rings. The maximum absolute atomic E-state index is 13.0. The Balaban J connectivity index is 1.80. The van der Waals surface area contributed by atoms with Crippen LogP contribution in [0, 0.1) is 0 Å². The molecule has 0 unspecified atom stereocenters. The molecular weight excluding hydrogens is 472 g/mol. The minimum absolute atomic E-state index is 0.163. The highest BCUT2D eigenvalue weighted by atomic mass is 32.2.